The molecule has 4 aromatic carbocycles. The number of halogens is 1. The van der Waals surface area contributed by atoms with Crippen molar-refractivity contribution in [1.29, 1.82) is 0 Å². The van der Waals surface area contributed by atoms with Gasteiger partial charge < -0.3 is 15.2 Å². The van der Waals surface area contributed by atoms with Gasteiger partial charge in [0.25, 0.3) is 5.91 Å². The number of amides is 1. The van der Waals surface area contributed by atoms with Gasteiger partial charge in [-0.05, 0) is 78.1 Å². The zero-order valence-electron chi connectivity index (χ0n) is 23.6. The number of carbonyl (C=O) groups excluding carboxylic acids is 1. The molecule has 7 heteroatoms. The Hall–Kier alpha value is -3.84. The molecule has 0 spiro atoms. The zero-order valence-corrected chi connectivity index (χ0v) is 24.3. The number of carbonyl (C=O) groups is 1. The first-order chi connectivity index (χ1) is 19.9. The summed E-state index contributed by atoms with van der Waals surface area (Å²) in [6.45, 7) is 9.74. The average molecular weight is 570 g/mol. The van der Waals surface area contributed by atoms with E-state index < -0.39 is 0 Å². The Morgan fingerprint density at radius 1 is 0.878 bits per heavy atom. The third kappa shape index (κ3) is 7.27. The van der Waals surface area contributed by atoms with Gasteiger partial charge in [-0.25, -0.2) is 0 Å². The van der Waals surface area contributed by atoms with Gasteiger partial charge in [0.1, 0.15) is 18.1 Å². The lowest BCUT2D eigenvalue weighted by Gasteiger charge is -2.35. The van der Waals surface area contributed by atoms with Crippen molar-refractivity contribution in [2.24, 2.45) is 0 Å². The van der Waals surface area contributed by atoms with Crippen LogP contribution in [0.2, 0.25) is 5.02 Å². The first-order valence-electron chi connectivity index (χ1n) is 14.0. The molecule has 6 nitrogen and oxygen atoms in total. The van der Waals surface area contributed by atoms with Gasteiger partial charge in [0, 0.05) is 50.0 Å². The van der Waals surface area contributed by atoms with Crippen LogP contribution in [0, 0.1) is 13.8 Å². The monoisotopic (exact) mass is 569 g/mol. The van der Waals surface area contributed by atoms with Gasteiger partial charge in [0.05, 0.1) is 5.56 Å². The number of anilines is 1. The second kappa shape index (κ2) is 13.2. The molecule has 41 heavy (non-hydrogen) atoms. The molecule has 212 valence electrons. The van der Waals surface area contributed by atoms with E-state index in [1.807, 2.05) is 44.2 Å². The number of rotatable bonds is 9. The fourth-order valence-electron chi connectivity index (χ4n) is 5.27. The van der Waals surface area contributed by atoms with Crippen molar-refractivity contribution in [3.63, 3.8) is 0 Å². The minimum Gasteiger partial charge on any atom is -0.507 e. The Balaban J connectivity index is 1.12. The van der Waals surface area contributed by atoms with Gasteiger partial charge >= 0.3 is 0 Å². The molecule has 5 rings (SSSR count). The first kappa shape index (κ1) is 28.7. The van der Waals surface area contributed by atoms with Crippen LogP contribution in [0.4, 0.5) is 5.69 Å². The summed E-state index contributed by atoms with van der Waals surface area (Å²) in [5.41, 5.74) is 6.32. The van der Waals surface area contributed by atoms with Crippen LogP contribution in [0.15, 0.2) is 84.9 Å². The minimum atomic E-state index is -0.238. The highest BCUT2D eigenvalue weighted by molar-refractivity contribution is 6.30. The summed E-state index contributed by atoms with van der Waals surface area (Å²) < 4.78 is 6.10. The van der Waals surface area contributed by atoms with E-state index in [0.717, 1.165) is 55.4 Å². The van der Waals surface area contributed by atoms with Crippen molar-refractivity contribution >= 4 is 23.2 Å². The van der Waals surface area contributed by atoms with Crippen molar-refractivity contribution < 1.29 is 14.6 Å². The van der Waals surface area contributed by atoms with Crippen LogP contribution in [-0.2, 0) is 6.54 Å². The van der Waals surface area contributed by atoms with E-state index >= 15 is 0 Å². The molecule has 0 aromatic heterocycles. The van der Waals surface area contributed by atoms with Crippen molar-refractivity contribution in [3.05, 3.63) is 112 Å². The van der Waals surface area contributed by atoms with Gasteiger partial charge in [0.15, 0.2) is 0 Å². The van der Waals surface area contributed by atoms with Gasteiger partial charge in [-0.2, -0.15) is 0 Å². The number of benzene rings is 4. The lowest BCUT2D eigenvalue weighted by atomic mass is 9.99. The van der Waals surface area contributed by atoms with Gasteiger partial charge in [-0.3, -0.25) is 14.6 Å². The Labute approximate surface area is 247 Å². The summed E-state index contributed by atoms with van der Waals surface area (Å²) in [4.78, 5) is 18.0. The van der Waals surface area contributed by atoms with Gasteiger partial charge in [-0.15, -0.1) is 0 Å². The van der Waals surface area contributed by atoms with E-state index in [-0.39, 0.29) is 11.7 Å². The molecule has 0 bridgehead atoms. The zero-order chi connectivity index (χ0) is 28.8. The summed E-state index contributed by atoms with van der Waals surface area (Å²) in [5.74, 6) is 0.572. The molecule has 0 unspecified atom stereocenters. The highest BCUT2D eigenvalue weighted by Crippen LogP contribution is 2.28. The van der Waals surface area contributed by atoms with Crippen LogP contribution < -0.4 is 10.1 Å². The van der Waals surface area contributed by atoms with E-state index in [9.17, 15) is 9.90 Å². The van der Waals surface area contributed by atoms with Crippen molar-refractivity contribution in [1.82, 2.24) is 9.80 Å². The molecule has 2 N–H and O–H groups in total. The van der Waals surface area contributed by atoms with Gasteiger partial charge in [-0.1, -0.05) is 60.1 Å². The van der Waals surface area contributed by atoms with Crippen molar-refractivity contribution in [2.45, 2.75) is 20.4 Å². The van der Waals surface area contributed by atoms with Crippen LogP contribution in [0.3, 0.4) is 0 Å². The van der Waals surface area contributed by atoms with Gasteiger partial charge in [0.2, 0.25) is 0 Å². The summed E-state index contributed by atoms with van der Waals surface area (Å²) >= 11 is 6.10. The molecule has 0 saturated carbocycles. The molecule has 0 radical (unpaired) electrons. The highest BCUT2D eigenvalue weighted by Gasteiger charge is 2.19. The maximum absolute atomic E-state index is 13.0. The van der Waals surface area contributed by atoms with E-state index in [1.165, 1.54) is 16.7 Å². The normalized spacial score (nSPS) is 14.1. The number of nitrogens with one attached hydrogen (secondary N) is 1. The Kier molecular flexibility index (Phi) is 9.24. The first-order valence-corrected chi connectivity index (χ1v) is 14.4. The fraction of sp³-hybridized carbons (Fsp3) is 0.265. The molecule has 4 aromatic rings. The molecule has 1 heterocycles. The molecular formula is C34H36ClN3O3. The third-order valence-corrected chi connectivity index (χ3v) is 7.83. The molecular weight excluding hydrogens is 534 g/mol. The Morgan fingerprint density at radius 2 is 1.51 bits per heavy atom. The SMILES string of the molecule is Cc1cc(NC(=O)c2ccccc2OCCN2CCN(Cc3ccccc3-c3ccc(Cl)cc3)CC2)cc(C)c1O. The largest absolute Gasteiger partial charge is 0.507 e. The Bertz CT molecular complexity index is 1470. The summed E-state index contributed by atoms with van der Waals surface area (Å²) in [6.07, 6.45) is 0. The topological polar surface area (TPSA) is 65.0 Å². The molecule has 0 atom stereocenters. The maximum Gasteiger partial charge on any atom is 0.259 e. The van der Waals surface area contributed by atoms with Crippen LogP contribution in [0.1, 0.15) is 27.0 Å². The lowest BCUT2D eigenvalue weighted by Crippen LogP contribution is -2.47. The Morgan fingerprint density at radius 3 is 2.24 bits per heavy atom. The number of aromatic hydroxyl groups is 1. The van der Waals surface area contributed by atoms with Crippen molar-refractivity contribution in [2.75, 3.05) is 44.6 Å². The number of aryl methyl sites for hydroxylation is 2. The number of piperazine rings is 1. The summed E-state index contributed by atoms with van der Waals surface area (Å²) in [7, 11) is 0. The van der Waals surface area contributed by atoms with E-state index in [0.29, 0.717) is 23.6 Å². The second-order valence-corrected chi connectivity index (χ2v) is 11.0. The fourth-order valence-corrected chi connectivity index (χ4v) is 5.40. The lowest BCUT2D eigenvalue weighted by molar-refractivity contribution is 0.101. The predicted molar refractivity (Wildman–Crippen MR) is 166 cm³/mol. The number of hydrogen-bond donors (Lipinski definition) is 2. The number of para-hydroxylation sites is 1. The van der Waals surface area contributed by atoms with Crippen LogP contribution in [-0.4, -0.2) is 60.1 Å². The summed E-state index contributed by atoms with van der Waals surface area (Å²) in [6, 6.07) is 27.5. The molecule has 1 amide bonds. The minimum absolute atomic E-state index is 0.238. The van der Waals surface area contributed by atoms with Crippen molar-refractivity contribution in [3.8, 4) is 22.6 Å². The maximum atomic E-state index is 13.0. The molecule has 0 aliphatic carbocycles. The molecule has 1 fully saturated rings. The highest BCUT2D eigenvalue weighted by atomic mass is 35.5. The number of hydrogen-bond acceptors (Lipinski definition) is 5. The average Bonchev–Trinajstić information content (AvgIpc) is 2.98. The van der Waals surface area contributed by atoms with Crippen LogP contribution >= 0.6 is 11.6 Å². The summed E-state index contributed by atoms with van der Waals surface area (Å²) in [5, 5.41) is 13.7. The van der Waals surface area contributed by atoms with E-state index in [4.69, 9.17) is 16.3 Å². The second-order valence-electron chi connectivity index (χ2n) is 10.5. The quantitative estimate of drug-likeness (QED) is 0.218. The number of ether oxygens (including phenoxy) is 1. The van der Waals surface area contributed by atoms with Crippen LogP contribution in [0.25, 0.3) is 11.1 Å². The number of phenolic OH excluding ortho intramolecular Hbond substituents is 1. The van der Waals surface area contributed by atoms with Crippen LogP contribution in [0.5, 0.6) is 11.5 Å². The number of phenols is 1. The smallest absolute Gasteiger partial charge is 0.259 e. The molecule has 1 aliphatic rings. The molecule has 1 aliphatic heterocycles. The number of nitrogens with zero attached hydrogens (tertiary/aromatic N) is 2. The standard InChI is InChI=1S/C34H36ClN3O3/c1-24-21-29(22-25(2)33(24)39)36-34(40)31-9-5-6-10-32(31)41-20-19-37-15-17-38(18-16-37)23-27-7-3-4-8-30(27)26-11-13-28(35)14-12-26/h3-14,21-22,39H,15-20,23H2,1-2H3,(H,36,40). The van der Waals surface area contributed by atoms with E-state index in [1.54, 1.807) is 18.2 Å². The molecule has 1 saturated heterocycles. The van der Waals surface area contributed by atoms with E-state index in [2.05, 4.69) is 51.5 Å². The predicted octanol–water partition coefficient (Wildman–Crippen LogP) is 6.78. The third-order valence-electron chi connectivity index (χ3n) is 7.58.